The standard InChI is InChI=1S/C21H22N2O5/c1-4-26-17-11-10-14(12-18(17)27-5-2)20(24)22-23-21(25)19-13(3)15-8-6-7-9-16(15)28-19/h6-12H,4-5H2,1-3H3,(H,22,24)(H,23,25). The lowest BCUT2D eigenvalue weighted by Crippen LogP contribution is -2.41. The number of hydrogen-bond donors (Lipinski definition) is 2. The molecule has 0 aliphatic heterocycles. The van der Waals surface area contributed by atoms with Crippen LogP contribution in [0.3, 0.4) is 0 Å². The Morgan fingerprint density at radius 3 is 2.32 bits per heavy atom. The average molecular weight is 382 g/mol. The highest BCUT2D eigenvalue weighted by molar-refractivity contribution is 6.01. The predicted molar refractivity (Wildman–Crippen MR) is 105 cm³/mol. The molecule has 1 heterocycles. The highest BCUT2D eigenvalue weighted by Gasteiger charge is 2.18. The fourth-order valence-electron chi connectivity index (χ4n) is 2.83. The van der Waals surface area contributed by atoms with Gasteiger partial charge in [-0.1, -0.05) is 18.2 Å². The van der Waals surface area contributed by atoms with Gasteiger partial charge in [0, 0.05) is 16.5 Å². The monoisotopic (exact) mass is 382 g/mol. The molecule has 7 nitrogen and oxygen atoms in total. The van der Waals surface area contributed by atoms with E-state index < -0.39 is 11.8 Å². The molecule has 7 heteroatoms. The summed E-state index contributed by atoms with van der Waals surface area (Å²) in [6, 6.07) is 12.2. The molecule has 2 aromatic carbocycles. The highest BCUT2D eigenvalue weighted by atomic mass is 16.5. The van der Waals surface area contributed by atoms with E-state index in [0.717, 1.165) is 5.39 Å². The molecule has 0 atom stereocenters. The Morgan fingerprint density at radius 2 is 1.61 bits per heavy atom. The van der Waals surface area contributed by atoms with Gasteiger partial charge < -0.3 is 13.9 Å². The van der Waals surface area contributed by atoms with Gasteiger partial charge in [-0.15, -0.1) is 0 Å². The van der Waals surface area contributed by atoms with Crippen LogP contribution >= 0.6 is 0 Å². The molecule has 1 aromatic heterocycles. The van der Waals surface area contributed by atoms with Crippen LogP contribution in [0.2, 0.25) is 0 Å². The van der Waals surface area contributed by atoms with Gasteiger partial charge in [-0.2, -0.15) is 0 Å². The third-order valence-corrected chi connectivity index (χ3v) is 4.15. The third kappa shape index (κ3) is 3.93. The molecule has 3 aromatic rings. The third-order valence-electron chi connectivity index (χ3n) is 4.15. The quantitative estimate of drug-likeness (QED) is 0.636. The molecule has 0 saturated carbocycles. The van der Waals surface area contributed by atoms with Crippen LogP contribution in [0.1, 0.15) is 40.3 Å². The first-order valence-corrected chi connectivity index (χ1v) is 9.03. The number of para-hydroxylation sites is 1. The van der Waals surface area contributed by atoms with Gasteiger partial charge in [0.05, 0.1) is 13.2 Å². The van der Waals surface area contributed by atoms with Crippen LogP contribution in [0.5, 0.6) is 11.5 Å². The number of amides is 2. The number of nitrogens with one attached hydrogen (secondary N) is 2. The summed E-state index contributed by atoms with van der Waals surface area (Å²) < 4.78 is 16.6. The molecule has 0 fully saturated rings. The summed E-state index contributed by atoms with van der Waals surface area (Å²) in [6.45, 7) is 6.43. The molecular weight excluding hydrogens is 360 g/mol. The number of carbonyl (C=O) groups excluding carboxylic acids is 2. The molecule has 2 N–H and O–H groups in total. The number of hydrazine groups is 1. The van der Waals surface area contributed by atoms with Gasteiger partial charge in [0.15, 0.2) is 17.3 Å². The second-order valence-corrected chi connectivity index (χ2v) is 5.99. The summed E-state index contributed by atoms with van der Waals surface area (Å²) in [5.74, 6) is 0.173. The molecule has 2 amide bonds. The van der Waals surface area contributed by atoms with Gasteiger partial charge in [0.1, 0.15) is 5.58 Å². The van der Waals surface area contributed by atoms with Crippen molar-refractivity contribution in [2.75, 3.05) is 13.2 Å². The first-order valence-electron chi connectivity index (χ1n) is 9.03. The number of hydrogen-bond acceptors (Lipinski definition) is 5. The van der Waals surface area contributed by atoms with Crippen molar-refractivity contribution in [1.29, 1.82) is 0 Å². The topological polar surface area (TPSA) is 89.8 Å². The Bertz CT molecular complexity index is 1010. The molecular formula is C21H22N2O5. The molecule has 146 valence electrons. The van der Waals surface area contributed by atoms with Crippen LogP contribution in [0, 0.1) is 6.92 Å². The van der Waals surface area contributed by atoms with Crippen LogP contribution in [-0.2, 0) is 0 Å². The number of carbonyl (C=O) groups is 2. The number of aryl methyl sites for hydroxylation is 1. The largest absolute Gasteiger partial charge is 0.490 e. The summed E-state index contributed by atoms with van der Waals surface area (Å²) >= 11 is 0. The summed E-state index contributed by atoms with van der Waals surface area (Å²) in [5.41, 5.74) is 6.43. The van der Waals surface area contributed by atoms with E-state index in [4.69, 9.17) is 13.9 Å². The van der Waals surface area contributed by atoms with E-state index in [2.05, 4.69) is 10.9 Å². The Labute approximate surface area is 162 Å². The average Bonchev–Trinajstić information content (AvgIpc) is 3.04. The van der Waals surface area contributed by atoms with Gasteiger partial charge in [0.2, 0.25) is 0 Å². The maximum absolute atomic E-state index is 12.4. The molecule has 0 radical (unpaired) electrons. The second kappa shape index (κ2) is 8.47. The summed E-state index contributed by atoms with van der Waals surface area (Å²) in [7, 11) is 0. The van der Waals surface area contributed by atoms with Crippen LogP contribution in [0.25, 0.3) is 11.0 Å². The molecule has 0 aliphatic carbocycles. The number of benzene rings is 2. The second-order valence-electron chi connectivity index (χ2n) is 5.99. The molecule has 0 aliphatic rings. The molecule has 0 unspecified atom stereocenters. The summed E-state index contributed by atoms with van der Waals surface area (Å²) in [5, 5.41) is 0.854. The number of ether oxygens (including phenoxy) is 2. The Hall–Kier alpha value is -3.48. The normalized spacial score (nSPS) is 10.5. The number of rotatable bonds is 6. The van der Waals surface area contributed by atoms with Crippen LogP contribution < -0.4 is 20.3 Å². The smallest absolute Gasteiger partial charge is 0.305 e. The van der Waals surface area contributed by atoms with E-state index >= 15 is 0 Å². The van der Waals surface area contributed by atoms with E-state index in [1.165, 1.54) is 0 Å². The fraction of sp³-hybridized carbons (Fsp3) is 0.238. The Balaban J connectivity index is 1.71. The van der Waals surface area contributed by atoms with Crippen molar-refractivity contribution in [3.8, 4) is 11.5 Å². The van der Waals surface area contributed by atoms with Crippen LogP contribution in [0.15, 0.2) is 46.9 Å². The molecule has 0 bridgehead atoms. The minimum absolute atomic E-state index is 0.156. The lowest BCUT2D eigenvalue weighted by molar-refractivity contribution is 0.0831. The Kier molecular flexibility index (Phi) is 5.84. The predicted octanol–water partition coefficient (Wildman–Crippen LogP) is 3.61. The first kappa shape index (κ1) is 19.3. The van der Waals surface area contributed by atoms with E-state index in [1.807, 2.05) is 32.0 Å². The van der Waals surface area contributed by atoms with Gasteiger partial charge >= 0.3 is 5.91 Å². The van der Waals surface area contributed by atoms with Gasteiger partial charge in [0.25, 0.3) is 5.91 Å². The van der Waals surface area contributed by atoms with Gasteiger partial charge in [-0.05, 0) is 45.0 Å². The highest BCUT2D eigenvalue weighted by Crippen LogP contribution is 2.28. The van der Waals surface area contributed by atoms with E-state index in [-0.39, 0.29) is 5.76 Å². The van der Waals surface area contributed by atoms with Crippen molar-refractivity contribution in [3.63, 3.8) is 0 Å². The molecule has 0 spiro atoms. The van der Waals surface area contributed by atoms with E-state index in [9.17, 15) is 9.59 Å². The number of fused-ring (bicyclic) bond motifs is 1. The van der Waals surface area contributed by atoms with Crippen molar-refractivity contribution in [3.05, 3.63) is 59.4 Å². The van der Waals surface area contributed by atoms with E-state index in [1.54, 1.807) is 31.2 Å². The van der Waals surface area contributed by atoms with Crippen molar-refractivity contribution in [2.24, 2.45) is 0 Å². The summed E-state index contributed by atoms with van der Waals surface area (Å²) in [4.78, 5) is 24.8. The summed E-state index contributed by atoms with van der Waals surface area (Å²) in [6.07, 6.45) is 0. The molecule has 3 rings (SSSR count). The van der Waals surface area contributed by atoms with Gasteiger partial charge in [-0.3, -0.25) is 20.4 Å². The van der Waals surface area contributed by atoms with Crippen molar-refractivity contribution >= 4 is 22.8 Å². The minimum atomic E-state index is -0.530. The van der Waals surface area contributed by atoms with E-state index in [0.29, 0.717) is 41.4 Å². The zero-order chi connectivity index (χ0) is 20.1. The van der Waals surface area contributed by atoms with Crippen LogP contribution in [-0.4, -0.2) is 25.0 Å². The fourth-order valence-corrected chi connectivity index (χ4v) is 2.83. The maximum atomic E-state index is 12.4. The maximum Gasteiger partial charge on any atom is 0.305 e. The lowest BCUT2D eigenvalue weighted by Gasteiger charge is -2.12. The first-order chi connectivity index (χ1) is 13.5. The zero-order valence-corrected chi connectivity index (χ0v) is 16.0. The zero-order valence-electron chi connectivity index (χ0n) is 16.0. The number of furan rings is 1. The van der Waals surface area contributed by atoms with Crippen LogP contribution in [0.4, 0.5) is 0 Å². The Morgan fingerprint density at radius 1 is 0.929 bits per heavy atom. The lowest BCUT2D eigenvalue weighted by atomic mass is 10.1. The SMILES string of the molecule is CCOc1ccc(C(=O)NNC(=O)c2oc3ccccc3c2C)cc1OCC. The van der Waals surface area contributed by atoms with Crippen molar-refractivity contribution < 1.29 is 23.5 Å². The minimum Gasteiger partial charge on any atom is -0.490 e. The van der Waals surface area contributed by atoms with Crippen molar-refractivity contribution in [1.82, 2.24) is 10.9 Å². The van der Waals surface area contributed by atoms with Gasteiger partial charge in [-0.25, -0.2) is 0 Å². The molecule has 0 saturated heterocycles. The van der Waals surface area contributed by atoms with Crippen molar-refractivity contribution in [2.45, 2.75) is 20.8 Å². The molecule has 28 heavy (non-hydrogen) atoms.